The van der Waals surface area contributed by atoms with Gasteiger partial charge >= 0.3 is 5.51 Å². The lowest BCUT2D eigenvalue weighted by atomic mass is 10.5. The standard InChI is InChI=1S/C4H6F4S/c1-3(2-5)9-4(6,7)8/h3H,2H2,1H3. The van der Waals surface area contributed by atoms with E-state index in [-0.39, 0.29) is 11.8 Å². The molecule has 56 valence electrons. The van der Waals surface area contributed by atoms with E-state index in [0.717, 1.165) is 0 Å². The second kappa shape index (κ2) is 3.29. The number of alkyl halides is 4. The molecule has 0 N–H and O–H groups in total. The maximum absolute atomic E-state index is 11.4. The van der Waals surface area contributed by atoms with Crippen molar-refractivity contribution < 1.29 is 17.6 Å². The Morgan fingerprint density at radius 3 is 2.00 bits per heavy atom. The van der Waals surface area contributed by atoms with E-state index >= 15 is 0 Å². The van der Waals surface area contributed by atoms with Crippen molar-refractivity contribution in [2.45, 2.75) is 17.7 Å². The molecule has 9 heavy (non-hydrogen) atoms. The highest BCUT2D eigenvalue weighted by Gasteiger charge is 2.30. The molecule has 0 aliphatic heterocycles. The number of halogens is 4. The average Bonchev–Trinajstić information content (AvgIpc) is 1.62. The van der Waals surface area contributed by atoms with Crippen molar-refractivity contribution >= 4 is 11.8 Å². The second-order valence-corrected chi connectivity index (χ2v) is 3.03. The van der Waals surface area contributed by atoms with Crippen LogP contribution in [-0.2, 0) is 0 Å². The average molecular weight is 162 g/mol. The molecule has 0 heterocycles. The first-order valence-corrected chi connectivity index (χ1v) is 3.14. The fraction of sp³-hybridized carbons (Fsp3) is 1.00. The van der Waals surface area contributed by atoms with E-state index in [0.29, 0.717) is 0 Å². The molecule has 0 radical (unpaired) electrons. The largest absolute Gasteiger partial charge is 0.442 e. The summed E-state index contributed by atoms with van der Waals surface area (Å²) in [5.41, 5.74) is -4.30. The summed E-state index contributed by atoms with van der Waals surface area (Å²) in [4.78, 5) is 0. The number of rotatable bonds is 2. The van der Waals surface area contributed by atoms with Crippen LogP contribution in [0.2, 0.25) is 0 Å². The van der Waals surface area contributed by atoms with Crippen LogP contribution >= 0.6 is 11.8 Å². The van der Waals surface area contributed by atoms with E-state index in [1.165, 1.54) is 6.92 Å². The molecule has 0 saturated carbocycles. The van der Waals surface area contributed by atoms with Gasteiger partial charge < -0.3 is 0 Å². The Hall–Kier alpha value is 0.0700. The lowest BCUT2D eigenvalue weighted by molar-refractivity contribution is -0.0334. The molecule has 0 aromatic carbocycles. The third-order valence-electron chi connectivity index (χ3n) is 0.552. The number of hydrogen-bond acceptors (Lipinski definition) is 1. The second-order valence-electron chi connectivity index (χ2n) is 1.53. The van der Waals surface area contributed by atoms with Gasteiger partial charge in [0.25, 0.3) is 0 Å². The zero-order valence-corrected chi connectivity index (χ0v) is 5.52. The van der Waals surface area contributed by atoms with Crippen molar-refractivity contribution in [1.29, 1.82) is 0 Å². The van der Waals surface area contributed by atoms with Crippen LogP contribution in [0.5, 0.6) is 0 Å². The van der Waals surface area contributed by atoms with Gasteiger partial charge in [0.05, 0.1) is 0 Å². The van der Waals surface area contributed by atoms with E-state index in [1.54, 1.807) is 0 Å². The molecule has 0 bridgehead atoms. The molecule has 0 aromatic heterocycles. The Labute approximate surface area is 54.6 Å². The summed E-state index contributed by atoms with van der Waals surface area (Å²) in [6.07, 6.45) is 0. The van der Waals surface area contributed by atoms with Crippen molar-refractivity contribution in [3.8, 4) is 0 Å². The molecule has 0 nitrogen and oxygen atoms in total. The van der Waals surface area contributed by atoms with Gasteiger partial charge in [0.15, 0.2) is 0 Å². The number of thioether (sulfide) groups is 1. The van der Waals surface area contributed by atoms with Crippen LogP contribution in [0.25, 0.3) is 0 Å². The monoisotopic (exact) mass is 162 g/mol. The lowest BCUT2D eigenvalue weighted by Crippen LogP contribution is -2.09. The van der Waals surface area contributed by atoms with Gasteiger partial charge in [-0.1, -0.05) is 6.92 Å². The minimum Gasteiger partial charge on any atom is -0.250 e. The first-order chi connectivity index (χ1) is 3.95. The Morgan fingerprint density at radius 2 is 1.89 bits per heavy atom. The van der Waals surface area contributed by atoms with Crippen LogP contribution in [-0.4, -0.2) is 17.4 Å². The third-order valence-corrected chi connectivity index (χ3v) is 1.35. The highest BCUT2D eigenvalue weighted by Crippen LogP contribution is 2.33. The molecule has 0 fully saturated rings. The fourth-order valence-corrected chi connectivity index (χ4v) is 0.779. The fourth-order valence-electron chi connectivity index (χ4n) is 0.260. The van der Waals surface area contributed by atoms with Crippen LogP contribution < -0.4 is 0 Å². The summed E-state index contributed by atoms with van der Waals surface area (Å²) in [7, 11) is 0. The highest BCUT2D eigenvalue weighted by molar-refractivity contribution is 8.00. The molecule has 0 aliphatic rings. The minimum atomic E-state index is -4.30. The van der Waals surface area contributed by atoms with Crippen molar-refractivity contribution in [3.63, 3.8) is 0 Å². The van der Waals surface area contributed by atoms with Crippen molar-refractivity contribution in [2.24, 2.45) is 0 Å². The lowest BCUT2D eigenvalue weighted by Gasteiger charge is -2.08. The van der Waals surface area contributed by atoms with Gasteiger partial charge in [0.1, 0.15) is 6.67 Å². The van der Waals surface area contributed by atoms with E-state index < -0.39 is 17.4 Å². The zero-order valence-electron chi connectivity index (χ0n) is 4.70. The van der Waals surface area contributed by atoms with Gasteiger partial charge in [-0.05, 0) is 11.8 Å². The Bertz CT molecular complexity index is 79.1. The quantitative estimate of drug-likeness (QED) is 0.562. The molecule has 0 aliphatic carbocycles. The van der Waals surface area contributed by atoms with Crippen molar-refractivity contribution in [2.75, 3.05) is 6.67 Å². The molecule has 5 heteroatoms. The SMILES string of the molecule is CC(CF)SC(F)(F)F. The predicted octanol–water partition coefficient (Wildman–Crippen LogP) is 2.60. The van der Waals surface area contributed by atoms with E-state index in [9.17, 15) is 17.6 Å². The van der Waals surface area contributed by atoms with E-state index in [4.69, 9.17) is 0 Å². The highest BCUT2D eigenvalue weighted by atomic mass is 32.2. The minimum absolute atomic E-state index is 0.318. The molecule has 1 unspecified atom stereocenters. The maximum atomic E-state index is 11.4. The Kier molecular flexibility index (Phi) is 3.32. The van der Waals surface area contributed by atoms with Gasteiger partial charge in [-0.25, -0.2) is 4.39 Å². The molecule has 1 atom stereocenters. The molecule has 0 spiro atoms. The summed E-state index contributed by atoms with van der Waals surface area (Å²) < 4.78 is 45.3. The first-order valence-electron chi connectivity index (χ1n) is 2.26. The van der Waals surface area contributed by atoms with Crippen LogP contribution in [0.3, 0.4) is 0 Å². The normalized spacial score (nSPS) is 15.7. The molecule has 0 saturated heterocycles. The first kappa shape index (κ1) is 9.07. The van der Waals surface area contributed by atoms with Gasteiger partial charge in [0, 0.05) is 5.25 Å². The third kappa shape index (κ3) is 5.95. The van der Waals surface area contributed by atoms with Gasteiger partial charge in [-0.2, -0.15) is 13.2 Å². The maximum Gasteiger partial charge on any atom is 0.442 e. The van der Waals surface area contributed by atoms with Crippen LogP contribution in [0.4, 0.5) is 17.6 Å². The van der Waals surface area contributed by atoms with E-state index in [1.807, 2.05) is 0 Å². The van der Waals surface area contributed by atoms with Gasteiger partial charge in [-0.15, -0.1) is 0 Å². The van der Waals surface area contributed by atoms with Gasteiger partial charge in [0.2, 0.25) is 0 Å². The topological polar surface area (TPSA) is 0 Å². The van der Waals surface area contributed by atoms with E-state index in [2.05, 4.69) is 0 Å². The molecular weight excluding hydrogens is 156 g/mol. The molecule has 0 aromatic rings. The van der Waals surface area contributed by atoms with Crippen molar-refractivity contribution in [1.82, 2.24) is 0 Å². The Balaban J connectivity index is 3.47. The van der Waals surface area contributed by atoms with Crippen LogP contribution in [0, 0.1) is 0 Å². The smallest absolute Gasteiger partial charge is 0.250 e. The summed E-state index contributed by atoms with van der Waals surface area (Å²) in [5, 5.41) is -0.981. The van der Waals surface area contributed by atoms with Gasteiger partial charge in [-0.3, -0.25) is 0 Å². The Morgan fingerprint density at radius 1 is 1.44 bits per heavy atom. The summed E-state index contributed by atoms with van der Waals surface area (Å²) in [5.74, 6) is 0. The molecular formula is C4H6F4S. The van der Waals surface area contributed by atoms with Crippen molar-refractivity contribution in [3.05, 3.63) is 0 Å². The predicted molar refractivity (Wildman–Crippen MR) is 29.1 cm³/mol. The zero-order chi connectivity index (χ0) is 7.49. The number of hydrogen-bond donors (Lipinski definition) is 0. The van der Waals surface area contributed by atoms with Crippen LogP contribution in [0.1, 0.15) is 6.92 Å². The van der Waals surface area contributed by atoms with Crippen LogP contribution in [0.15, 0.2) is 0 Å². The summed E-state index contributed by atoms with van der Waals surface area (Å²) >= 11 is -0.318. The summed E-state index contributed by atoms with van der Waals surface area (Å²) in [6.45, 7) is 0.252. The molecule has 0 amide bonds. The molecule has 0 rings (SSSR count). The summed E-state index contributed by atoms with van der Waals surface area (Å²) in [6, 6.07) is 0.